The molecule has 10 heteroatoms. The second kappa shape index (κ2) is 12.5. The van der Waals surface area contributed by atoms with Crippen molar-refractivity contribution in [1.29, 1.82) is 0 Å². The maximum Gasteiger partial charge on any atom is 0.319 e. The van der Waals surface area contributed by atoms with Gasteiger partial charge in [-0.05, 0) is 58.3 Å². The first-order valence-corrected chi connectivity index (χ1v) is 11.8. The summed E-state index contributed by atoms with van der Waals surface area (Å²) in [6, 6.07) is 8.53. The molecule has 0 saturated carbocycles. The summed E-state index contributed by atoms with van der Waals surface area (Å²) < 4.78 is 11.7. The quantitative estimate of drug-likeness (QED) is 0.305. The molecule has 9 nitrogen and oxygen atoms in total. The van der Waals surface area contributed by atoms with E-state index in [1.54, 1.807) is 24.5 Å². The van der Waals surface area contributed by atoms with Gasteiger partial charge in [0.2, 0.25) is 0 Å². The standard InChI is InChI=1S/C21H32N6O3S/c1-15(13-28)23-19-12-18(14-31(4)30)24-20(26-19)16-6-8-17(9-7-16)25-21(29)22-10-5-11-27(2)3/h6-9,12,15,28H,5,10-11,13-14H2,1-4H3,(H2,22,25,29)(H,23,24,26)/t15-,31?/m0/s1. The van der Waals surface area contributed by atoms with Crippen LogP contribution in [-0.4, -0.2) is 76.6 Å². The van der Waals surface area contributed by atoms with Crippen molar-refractivity contribution in [1.82, 2.24) is 20.2 Å². The third-order valence-electron chi connectivity index (χ3n) is 4.27. The van der Waals surface area contributed by atoms with E-state index in [4.69, 9.17) is 0 Å². The Balaban J connectivity index is 2.08. The molecule has 0 fully saturated rings. The van der Waals surface area contributed by atoms with E-state index in [0.717, 1.165) is 18.5 Å². The van der Waals surface area contributed by atoms with Gasteiger partial charge in [-0.15, -0.1) is 0 Å². The molecule has 31 heavy (non-hydrogen) atoms. The Morgan fingerprint density at radius 3 is 2.58 bits per heavy atom. The van der Waals surface area contributed by atoms with Gasteiger partial charge in [0.15, 0.2) is 5.82 Å². The fourth-order valence-electron chi connectivity index (χ4n) is 2.76. The topological polar surface area (TPSA) is 125 Å². The lowest BCUT2D eigenvalue weighted by Crippen LogP contribution is -2.31. The zero-order valence-electron chi connectivity index (χ0n) is 18.5. The maximum absolute atomic E-state index is 12.0. The van der Waals surface area contributed by atoms with Crippen LogP contribution < -0.4 is 16.0 Å². The molecule has 2 atom stereocenters. The summed E-state index contributed by atoms with van der Waals surface area (Å²) in [7, 11) is 3.99. The van der Waals surface area contributed by atoms with Crippen molar-refractivity contribution < 1.29 is 14.5 Å². The van der Waals surface area contributed by atoms with Crippen LogP contribution in [0.1, 0.15) is 19.0 Å². The van der Waals surface area contributed by atoms with Crippen LogP contribution in [0.3, 0.4) is 0 Å². The van der Waals surface area contributed by atoms with Gasteiger partial charge in [0.05, 0.1) is 18.6 Å². The highest BCUT2D eigenvalue weighted by Gasteiger charge is 2.12. The Labute approximate surface area is 186 Å². The fourth-order valence-corrected chi connectivity index (χ4v) is 3.32. The first-order chi connectivity index (χ1) is 14.8. The lowest BCUT2D eigenvalue weighted by Gasteiger charge is -2.14. The van der Waals surface area contributed by atoms with Crippen molar-refractivity contribution in [2.75, 3.05) is 50.7 Å². The first kappa shape index (κ1) is 24.9. The molecule has 0 radical (unpaired) electrons. The summed E-state index contributed by atoms with van der Waals surface area (Å²) in [5, 5.41) is 18.0. The maximum atomic E-state index is 12.0. The number of carbonyl (C=O) groups excluding carboxylic acids is 1. The molecular weight excluding hydrogens is 416 g/mol. The molecule has 1 aromatic heterocycles. The van der Waals surface area contributed by atoms with Gasteiger partial charge in [0, 0.05) is 29.9 Å². The first-order valence-electron chi connectivity index (χ1n) is 10.1. The lowest BCUT2D eigenvalue weighted by molar-refractivity contribution is 0.251. The number of aliphatic hydroxyl groups excluding tert-OH is 1. The highest BCUT2D eigenvalue weighted by molar-refractivity contribution is 7.89. The second-order valence-corrected chi connectivity index (χ2v) is 9.06. The number of aromatic nitrogens is 2. The molecule has 2 amide bonds. The third-order valence-corrected chi connectivity index (χ3v) is 4.97. The van der Waals surface area contributed by atoms with E-state index < -0.39 is 11.2 Å². The van der Waals surface area contributed by atoms with Crippen molar-refractivity contribution in [3.8, 4) is 11.4 Å². The monoisotopic (exact) mass is 448 g/mol. The van der Waals surface area contributed by atoms with Crippen LogP contribution in [-0.2, 0) is 16.9 Å². The minimum absolute atomic E-state index is 0.0358. The van der Waals surface area contributed by atoms with Crippen molar-refractivity contribution in [3.63, 3.8) is 0 Å². The summed E-state index contributed by atoms with van der Waals surface area (Å²) >= 11 is -1.05. The normalized spacial score (nSPS) is 13.0. The second-order valence-electron chi connectivity index (χ2n) is 7.63. The largest absolute Gasteiger partial charge is 0.616 e. The van der Waals surface area contributed by atoms with Crippen LogP contribution >= 0.6 is 0 Å². The number of carbonyl (C=O) groups is 1. The van der Waals surface area contributed by atoms with Gasteiger partial charge in [-0.25, -0.2) is 14.8 Å². The summed E-state index contributed by atoms with van der Waals surface area (Å²) in [6.45, 7) is 3.31. The van der Waals surface area contributed by atoms with Crippen molar-refractivity contribution >= 4 is 28.7 Å². The van der Waals surface area contributed by atoms with Gasteiger partial charge in [-0.2, -0.15) is 0 Å². The van der Waals surface area contributed by atoms with Crippen LogP contribution in [0.4, 0.5) is 16.3 Å². The average molecular weight is 449 g/mol. The molecule has 0 aliphatic carbocycles. The number of urea groups is 1. The number of benzene rings is 1. The number of anilines is 2. The van der Waals surface area contributed by atoms with E-state index in [-0.39, 0.29) is 18.7 Å². The van der Waals surface area contributed by atoms with Gasteiger partial charge in [0.1, 0.15) is 11.6 Å². The molecule has 0 aliphatic rings. The Kier molecular flexibility index (Phi) is 9.99. The van der Waals surface area contributed by atoms with Gasteiger partial charge in [-0.1, -0.05) is 11.2 Å². The van der Waals surface area contributed by atoms with Crippen molar-refractivity contribution in [2.24, 2.45) is 0 Å². The van der Waals surface area contributed by atoms with E-state index >= 15 is 0 Å². The van der Waals surface area contributed by atoms with Gasteiger partial charge >= 0.3 is 6.03 Å². The van der Waals surface area contributed by atoms with Crippen LogP contribution in [0.5, 0.6) is 0 Å². The minimum Gasteiger partial charge on any atom is -0.616 e. The summed E-state index contributed by atoms with van der Waals surface area (Å²) in [5.41, 5.74) is 2.07. The predicted octanol–water partition coefficient (Wildman–Crippen LogP) is 1.89. The Hall–Kier alpha value is -2.40. The van der Waals surface area contributed by atoms with E-state index in [0.29, 0.717) is 35.3 Å². The zero-order chi connectivity index (χ0) is 22.8. The van der Waals surface area contributed by atoms with Crippen molar-refractivity contribution in [3.05, 3.63) is 36.0 Å². The highest BCUT2D eigenvalue weighted by atomic mass is 32.2. The fraction of sp³-hybridized carbons (Fsp3) is 0.476. The van der Waals surface area contributed by atoms with E-state index in [9.17, 15) is 14.5 Å². The molecule has 1 aromatic carbocycles. The SMILES string of the molecule is C[C@@H](CO)Nc1cc(C[S+](C)[O-])nc(-c2ccc(NC(=O)NCCCN(C)C)cc2)n1. The lowest BCUT2D eigenvalue weighted by atomic mass is 10.2. The molecule has 0 aliphatic heterocycles. The van der Waals surface area contributed by atoms with Gasteiger partial charge < -0.3 is 30.5 Å². The smallest absolute Gasteiger partial charge is 0.319 e. The average Bonchev–Trinajstić information content (AvgIpc) is 2.71. The van der Waals surface area contributed by atoms with Crippen LogP contribution in [0.25, 0.3) is 11.4 Å². The van der Waals surface area contributed by atoms with Crippen LogP contribution in [0.2, 0.25) is 0 Å². The van der Waals surface area contributed by atoms with E-state index in [1.165, 1.54) is 0 Å². The summed E-state index contributed by atoms with van der Waals surface area (Å²) in [5.74, 6) is 1.35. The minimum atomic E-state index is -1.05. The molecule has 0 spiro atoms. The number of aliphatic hydroxyl groups is 1. The number of nitrogens with zero attached hydrogens (tertiary/aromatic N) is 3. The zero-order valence-corrected chi connectivity index (χ0v) is 19.3. The Morgan fingerprint density at radius 2 is 1.97 bits per heavy atom. The molecule has 170 valence electrons. The summed E-state index contributed by atoms with van der Waals surface area (Å²) in [4.78, 5) is 23.1. The van der Waals surface area contributed by atoms with Gasteiger partial charge in [0.25, 0.3) is 0 Å². The molecule has 0 saturated heterocycles. The van der Waals surface area contributed by atoms with Gasteiger partial charge in [-0.3, -0.25) is 0 Å². The number of hydrogen-bond acceptors (Lipinski definition) is 7. The third kappa shape index (κ3) is 9.09. The molecular formula is C21H32N6O3S. The molecule has 1 unspecified atom stereocenters. The molecule has 2 rings (SSSR count). The van der Waals surface area contributed by atoms with E-state index in [2.05, 4.69) is 30.8 Å². The molecule has 4 N–H and O–H groups in total. The molecule has 2 aromatic rings. The van der Waals surface area contributed by atoms with Crippen LogP contribution in [0, 0.1) is 0 Å². The highest BCUT2D eigenvalue weighted by Crippen LogP contribution is 2.21. The Morgan fingerprint density at radius 1 is 1.26 bits per heavy atom. The number of rotatable bonds is 11. The Bertz CT molecular complexity index is 832. The molecule has 0 bridgehead atoms. The summed E-state index contributed by atoms with van der Waals surface area (Å²) in [6.07, 6.45) is 2.50. The van der Waals surface area contributed by atoms with Crippen LogP contribution in [0.15, 0.2) is 30.3 Å². The molecule has 1 heterocycles. The number of hydrogen-bond donors (Lipinski definition) is 4. The van der Waals surface area contributed by atoms with E-state index in [1.807, 2.05) is 33.2 Å². The number of nitrogens with one attached hydrogen (secondary N) is 3. The number of amides is 2. The van der Waals surface area contributed by atoms with Crippen molar-refractivity contribution in [2.45, 2.75) is 25.1 Å². The predicted molar refractivity (Wildman–Crippen MR) is 126 cm³/mol.